The van der Waals surface area contributed by atoms with Crippen LogP contribution in [0.4, 0.5) is 8.78 Å². The number of carbonyl (C=O) groups excluding carboxylic acids is 1. The smallest absolute Gasteiger partial charge is 0.387 e. The molecule has 0 radical (unpaired) electrons. The molecule has 0 aliphatic heterocycles. The second-order valence-corrected chi connectivity index (χ2v) is 2.94. The Morgan fingerprint density at radius 1 is 1.62 bits per heavy atom. The third kappa shape index (κ3) is 3.03. The van der Waals surface area contributed by atoms with Crippen molar-refractivity contribution in [1.29, 1.82) is 0 Å². The van der Waals surface area contributed by atoms with E-state index >= 15 is 0 Å². The topological polar surface area (TPSA) is 48.4 Å². The van der Waals surface area contributed by atoms with Gasteiger partial charge in [0.15, 0.2) is 10.9 Å². The van der Waals surface area contributed by atoms with Crippen LogP contribution in [-0.2, 0) is 4.74 Å². The summed E-state index contributed by atoms with van der Waals surface area (Å²) in [6, 6.07) is 1.20. The Morgan fingerprint density at radius 2 is 2.31 bits per heavy atom. The number of halogens is 3. The maximum atomic E-state index is 12.1. The summed E-state index contributed by atoms with van der Waals surface area (Å²) in [6.07, 6.45) is 1.20. The van der Waals surface area contributed by atoms with Gasteiger partial charge in [-0.25, -0.2) is 9.78 Å². The minimum absolute atomic E-state index is 0.118. The van der Waals surface area contributed by atoms with Crippen LogP contribution >= 0.6 is 11.6 Å². The molecule has 0 saturated heterocycles. The van der Waals surface area contributed by atoms with Crippen molar-refractivity contribution in [2.45, 2.75) is 13.5 Å². The largest absolute Gasteiger partial charge is 0.462 e. The van der Waals surface area contributed by atoms with E-state index in [0.717, 1.165) is 0 Å². The molecule has 0 atom stereocenters. The molecular formula is C9H8ClF2NO3. The molecule has 0 unspecified atom stereocenters. The molecule has 1 aromatic heterocycles. The fraction of sp³-hybridized carbons (Fsp3) is 0.333. The van der Waals surface area contributed by atoms with Crippen LogP contribution < -0.4 is 4.74 Å². The molecule has 1 rings (SSSR count). The van der Waals surface area contributed by atoms with Gasteiger partial charge >= 0.3 is 12.6 Å². The summed E-state index contributed by atoms with van der Waals surface area (Å²) in [5.74, 6) is -1.26. The van der Waals surface area contributed by atoms with E-state index in [-0.39, 0.29) is 17.3 Å². The number of carbonyl (C=O) groups is 1. The maximum absolute atomic E-state index is 12.1. The number of rotatable bonds is 4. The molecule has 16 heavy (non-hydrogen) atoms. The van der Waals surface area contributed by atoms with Crippen molar-refractivity contribution in [2.75, 3.05) is 6.61 Å². The lowest BCUT2D eigenvalue weighted by Crippen LogP contribution is -2.11. The fourth-order valence-corrected chi connectivity index (χ4v) is 1.20. The second-order valence-electron chi connectivity index (χ2n) is 2.58. The van der Waals surface area contributed by atoms with Gasteiger partial charge in [0.05, 0.1) is 6.61 Å². The van der Waals surface area contributed by atoms with Crippen LogP contribution in [0.25, 0.3) is 0 Å². The lowest BCUT2D eigenvalue weighted by molar-refractivity contribution is -0.0506. The molecule has 0 amide bonds. The summed E-state index contributed by atoms with van der Waals surface area (Å²) in [7, 11) is 0. The summed E-state index contributed by atoms with van der Waals surface area (Å²) in [4.78, 5) is 14.9. The lowest BCUT2D eigenvalue weighted by atomic mass is 10.2. The molecule has 0 aliphatic rings. The molecule has 1 aromatic rings. The highest BCUT2D eigenvalue weighted by molar-refractivity contribution is 6.31. The van der Waals surface area contributed by atoms with Crippen LogP contribution in [0.1, 0.15) is 17.3 Å². The van der Waals surface area contributed by atoms with Gasteiger partial charge in [0.2, 0.25) is 0 Å². The van der Waals surface area contributed by atoms with Gasteiger partial charge in [-0.05, 0) is 13.0 Å². The van der Waals surface area contributed by atoms with Crippen molar-refractivity contribution >= 4 is 17.6 Å². The van der Waals surface area contributed by atoms with E-state index in [4.69, 9.17) is 11.6 Å². The van der Waals surface area contributed by atoms with Gasteiger partial charge in [-0.15, -0.1) is 0 Å². The number of pyridine rings is 1. The van der Waals surface area contributed by atoms with Gasteiger partial charge in [0, 0.05) is 6.20 Å². The van der Waals surface area contributed by atoms with E-state index < -0.39 is 18.3 Å². The number of hydrogen-bond acceptors (Lipinski definition) is 4. The van der Waals surface area contributed by atoms with Gasteiger partial charge in [-0.3, -0.25) is 0 Å². The van der Waals surface area contributed by atoms with Crippen LogP contribution in [0.15, 0.2) is 12.3 Å². The van der Waals surface area contributed by atoms with Crippen LogP contribution in [0.5, 0.6) is 5.75 Å². The van der Waals surface area contributed by atoms with Gasteiger partial charge in [-0.2, -0.15) is 8.78 Å². The predicted octanol–water partition coefficient (Wildman–Crippen LogP) is 2.51. The van der Waals surface area contributed by atoms with Crippen LogP contribution in [0.2, 0.25) is 5.15 Å². The molecule has 0 aromatic carbocycles. The average Bonchev–Trinajstić information content (AvgIpc) is 2.20. The molecule has 88 valence electrons. The first-order chi connectivity index (χ1) is 7.56. The number of nitrogens with zero attached hydrogens (tertiary/aromatic N) is 1. The zero-order valence-electron chi connectivity index (χ0n) is 8.25. The molecule has 0 fully saturated rings. The zero-order chi connectivity index (χ0) is 12.1. The van der Waals surface area contributed by atoms with E-state index in [1.807, 2.05) is 0 Å². The van der Waals surface area contributed by atoms with Crippen molar-refractivity contribution < 1.29 is 23.0 Å². The zero-order valence-corrected chi connectivity index (χ0v) is 9.00. The van der Waals surface area contributed by atoms with E-state index in [0.29, 0.717) is 0 Å². The Bertz CT molecular complexity index is 387. The van der Waals surface area contributed by atoms with Crippen LogP contribution in [0.3, 0.4) is 0 Å². The van der Waals surface area contributed by atoms with Crippen molar-refractivity contribution in [3.63, 3.8) is 0 Å². The van der Waals surface area contributed by atoms with Gasteiger partial charge in [-0.1, -0.05) is 11.6 Å². The van der Waals surface area contributed by atoms with Crippen molar-refractivity contribution in [2.24, 2.45) is 0 Å². The highest BCUT2D eigenvalue weighted by Gasteiger charge is 2.20. The van der Waals surface area contributed by atoms with Crippen molar-refractivity contribution in [3.05, 3.63) is 23.0 Å². The van der Waals surface area contributed by atoms with Crippen LogP contribution in [0, 0.1) is 0 Å². The Hall–Kier alpha value is -1.43. The van der Waals surface area contributed by atoms with E-state index in [2.05, 4.69) is 14.5 Å². The molecule has 0 aliphatic carbocycles. The Kier molecular flexibility index (Phi) is 4.42. The van der Waals surface area contributed by atoms with Gasteiger partial charge in [0.1, 0.15) is 5.56 Å². The first-order valence-electron chi connectivity index (χ1n) is 4.32. The normalized spacial score (nSPS) is 10.3. The number of aromatic nitrogens is 1. The Balaban J connectivity index is 3.07. The Morgan fingerprint density at radius 3 is 2.88 bits per heavy atom. The average molecular weight is 252 g/mol. The predicted molar refractivity (Wildman–Crippen MR) is 51.8 cm³/mol. The SMILES string of the molecule is CCOC(=O)c1ccnc(Cl)c1OC(F)F. The first kappa shape index (κ1) is 12.6. The van der Waals surface area contributed by atoms with E-state index in [1.165, 1.54) is 12.3 Å². The minimum Gasteiger partial charge on any atom is -0.462 e. The molecule has 1 heterocycles. The molecule has 0 N–H and O–H groups in total. The molecule has 0 spiro atoms. The highest BCUT2D eigenvalue weighted by Crippen LogP contribution is 2.28. The standard InChI is InChI=1S/C9H8ClF2NO3/c1-2-15-8(14)5-3-4-13-7(10)6(5)16-9(11)12/h3-4,9H,2H2,1H3. The molecular weight excluding hydrogens is 244 g/mol. The summed E-state index contributed by atoms with van der Waals surface area (Å²) >= 11 is 5.54. The Labute approximate surface area is 95.1 Å². The maximum Gasteiger partial charge on any atom is 0.387 e. The van der Waals surface area contributed by atoms with E-state index in [1.54, 1.807) is 6.92 Å². The lowest BCUT2D eigenvalue weighted by Gasteiger charge is -2.10. The second kappa shape index (κ2) is 5.60. The van der Waals surface area contributed by atoms with Gasteiger partial charge < -0.3 is 9.47 Å². The minimum atomic E-state index is -3.09. The summed E-state index contributed by atoms with van der Waals surface area (Å²) in [5.41, 5.74) is -0.179. The van der Waals surface area contributed by atoms with E-state index in [9.17, 15) is 13.6 Å². The summed E-state index contributed by atoms with van der Waals surface area (Å²) in [5, 5.41) is -0.314. The number of hydrogen-bond donors (Lipinski definition) is 0. The monoisotopic (exact) mass is 251 g/mol. The third-order valence-electron chi connectivity index (χ3n) is 1.56. The first-order valence-corrected chi connectivity index (χ1v) is 4.70. The molecule has 0 saturated carbocycles. The van der Waals surface area contributed by atoms with Crippen LogP contribution in [-0.4, -0.2) is 24.2 Å². The molecule has 4 nitrogen and oxygen atoms in total. The van der Waals surface area contributed by atoms with Crippen molar-refractivity contribution in [3.8, 4) is 5.75 Å². The van der Waals surface area contributed by atoms with Crippen molar-refractivity contribution in [1.82, 2.24) is 4.98 Å². The third-order valence-corrected chi connectivity index (χ3v) is 1.83. The molecule has 7 heteroatoms. The van der Waals surface area contributed by atoms with Gasteiger partial charge in [0.25, 0.3) is 0 Å². The number of ether oxygens (including phenoxy) is 2. The number of alkyl halides is 2. The quantitative estimate of drug-likeness (QED) is 0.609. The fourth-order valence-electron chi connectivity index (χ4n) is 0.993. The summed E-state index contributed by atoms with van der Waals surface area (Å²) < 4.78 is 32.9. The summed E-state index contributed by atoms with van der Waals surface area (Å²) in [6.45, 7) is -1.38. The highest BCUT2D eigenvalue weighted by atomic mass is 35.5. The number of esters is 1. The molecule has 0 bridgehead atoms.